The van der Waals surface area contributed by atoms with E-state index in [1.54, 1.807) is 31.4 Å². The molecular formula is C25H28N2O5. The second-order valence-corrected chi connectivity index (χ2v) is 7.90. The van der Waals surface area contributed by atoms with E-state index in [2.05, 4.69) is 16.3 Å². The summed E-state index contributed by atoms with van der Waals surface area (Å²) >= 11 is 0. The number of hydrogen-bond donors (Lipinski definition) is 1. The van der Waals surface area contributed by atoms with E-state index in [4.69, 9.17) is 13.9 Å². The molecule has 7 nitrogen and oxygen atoms in total. The van der Waals surface area contributed by atoms with Crippen molar-refractivity contribution in [3.63, 3.8) is 0 Å². The van der Waals surface area contributed by atoms with Gasteiger partial charge in [0.05, 0.1) is 13.2 Å². The summed E-state index contributed by atoms with van der Waals surface area (Å²) in [6.07, 6.45) is 3.54. The molecule has 0 saturated carbocycles. The minimum atomic E-state index is -0.424. The van der Waals surface area contributed by atoms with Crippen molar-refractivity contribution in [3.05, 3.63) is 70.6 Å². The lowest BCUT2D eigenvalue weighted by Crippen LogP contribution is -2.41. The number of nitrogens with one attached hydrogen (secondary N) is 1. The highest BCUT2D eigenvalue weighted by Gasteiger charge is 2.25. The monoisotopic (exact) mass is 436 g/mol. The molecule has 1 unspecified atom stereocenters. The Morgan fingerprint density at radius 3 is 2.69 bits per heavy atom. The quantitative estimate of drug-likeness (QED) is 0.544. The maximum atomic E-state index is 12.5. The van der Waals surface area contributed by atoms with Gasteiger partial charge >= 0.3 is 5.63 Å². The largest absolute Gasteiger partial charge is 0.496 e. The Bertz CT molecular complexity index is 1120. The maximum absolute atomic E-state index is 12.5. The second-order valence-electron chi connectivity index (χ2n) is 7.90. The van der Waals surface area contributed by atoms with Gasteiger partial charge in [-0.15, -0.1) is 0 Å². The Hall–Kier alpha value is -3.32. The van der Waals surface area contributed by atoms with E-state index >= 15 is 0 Å². The highest BCUT2D eigenvalue weighted by Crippen LogP contribution is 2.31. The second kappa shape index (κ2) is 10.3. The number of carbonyl (C=O) groups excluding carboxylic acids is 1. The van der Waals surface area contributed by atoms with Crippen LogP contribution in [-0.2, 0) is 4.79 Å². The fourth-order valence-corrected chi connectivity index (χ4v) is 4.15. The molecule has 168 valence electrons. The SMILES string of the molecule is COc1ccccc1C(CNC(=O)COc1ccc2ccc(=O)oc2c1)N1CCCCC1. The zero-order chi connectivity index (χ0) is 22.3. The zero-order valence-corrected chi connectivity index (χ0v) is 18.2. The minimum Gasteiger partial charge on any atom is -0.496 e. The third kappa shape index (κ3) is 5.29. The first kappa shape index (κ1) is 21.9. The van der Waals surface area contributed by atoms with Gasteiger partial charge in [-0.2, -0.15) is 0 Å². The summed E-state index contributed by atoms with van der Waals surface area (Å²) in [5, 5.41) is 3.81. The van der Waals surface area contributed by atoms with Crippen LogP contribution in [-0.4, -0.2) is 44.2 Å². The Kier molecular flexibility index (Phi) is 7.07. The van der Waals surface area contributed by atoms with Crippen molar-refractivity contribution in [3.8, 4) is 11.5 Å². The molecule has 32 heavy (non-hydrogen) atoms. The number of nitrogens with zero attached hydrogens (tertiary/aromatic N) is 1. The van der Waals surface area contributed by atoms with E-state index in [1.807, 2.05) is 18.2 Å². The molecular weight excluding hydrogens is 408 g/mol. The van der Waals surface area contributed by atoms with Gasteiger partial charge in [0.25, 0.3) is 5.91 Å². The average molecular weight is 437 g/mol. The van der Waals surface area contributed by atoms with Crippen LogP contribution in [0.2, 0.25) is 0 Å². The number of methoxy groups -OCH3 is 1. The number of rotatable bonds is 8. The van der Waals surface area contributed by atoms with Crippen LogP contribution in [0.5, 0.6) is 11.5 Å². The zero-order valence-electron chi connectivity index (χ0n) is 18.2. The first-order valence-corrected chi connectivity index (χ1v) is 10.9. The van der Waals surface area contributed by atoms with Crippen LogP contribution >= 0.6 is 0 Å². The molecule has 0 bridgehead atoms. The maximum Gasteiger partial charge on any atom is 0.336 e. The normalized spacial score (nSPS) is 15.3. The van der Waals surface area contributed by atoms with Crippen LogP contribution in [0.25, 0.3) is 11.0 Å². The van der Waals surface area contributed by atoms with E-state index in [0.29, 0.717) is 17.9 Å². The molecule has 1 aromatic heterocycles. The lowest BCUT2D eigenvalue weighted by atomic mass is 10.0. The molecule has 3 aromatic rings. The van der Waals surface area contributed by atoms with Crippen molar-refractivity contribution < 1.29 is 18.7 Å². The number of hydrogen-bond acceptors (Lipinski definition) is 6. The number of para-hydroxylation sites is 1. The Labute approximate surface area is 186 Å². The van der Waals surface area contributed by atoms with Crippen LogP contribution in [0.4, 0.5) is 0 Å². The van der Waals surface area contributed by atoms with Gasteiger partial charge in [0, 0.05) is 29.6 Å². The molecule has 7 heteroatoms. The Morgan fingerprint density at radius 2 is 1.88 bits per heavy atom. The molecule has 1 amide bonds. The molecule has 0 aliphatic carbocycles. The van der Waals surface area contributed by atoms with Crippen LogP contribution in [0.3, 0.4) is 0 Å². The topological polar surface area (TPSA) is 81.0 Å². The molecule has 2 heterocycles. The highest BCUT2D eigenvalue weighted by atomic mass is 16.5. The number of ether oxygens (including phenoxy) is 2. The number of benzene rings is 2. The van der Waals surface area contributed by atoms with E-state index in [0.717, 1.165) is 42.6 Å². The first-order valence-electron chi connectivity index (χ1n) is 10.9. The van der Waals surface area contributed by atoms with Gasteiger partial charge in [-0.3, -0.25) is 9.69 Å². The van der Waals surface area contributed by atoms with Gasteiger partial charge < -0.3 is 19.2 Å². The first-order chi connectivity index (χ1) is 15.6. The molecule has 4 rings (SSSR count). The number of fused-ring (bicyclic) bond motifs is 1. The summed E-state index contributed by atoms with van der Waals surface area (Å²) in [6.45, 7) is 2.34. The third-order valence-corrected chi connectivity index (χ3v) is 5.79. The highest BCUT2D eigenvalue weighted by molar-refractivity contribution is 5.79. The molecule has 0 spiro atoms. The molecule has 1 N–H and O–H groups in total. The predicted molar refractivity (Wildman–Crippen MR) is 122 cm³/mol. The summed E-state index contributed by atoms with van der Waals surface area (Å²) < 4.78 is 16.4. The van der Waals surface area contributed by atoms with E-state index in [-0.39, 0.29) is 18.6 Å². The predicted octanol–water partition coefficient (Wildman–Crippen LogP) is 3.52. The molecule has 1 aliphatic heterocycles. The summed E-state index contributed by atoms with van der Waals surface area (Å²) in [6, 6.07) is 16.2. The third-order valence-electron chi connectivity index (χ3n) is 5.79. The molecule has 1 aliphatic rings. The molecule has 1 atom stereocenters. The van der Waals surface area contributed by atoms with Gasteiger partial charge in [0.1, 0.15) is 17.1 Å². The number of piperidine rings is 1. The van der Waals surface area contributed by atoms with Gasteiger partial charge in [-0.1, -0.05) is 24.6 Å². The molecule has 1 fully saturated rings. The minimum absolute atomic E-state index is 0.0327. The lowest BCUT2D eigenvalue weighted by Gasteiger charge is -2.35. The number of amides is 1. The van der Waals surface area contributed by atoms with Crippen LogP contribution < -0.4 is 20.4 Å². The van der Waals surface area contributed by atoms with E-state index in [1.165, 1.54) is 12.5 Å². The smallest absolute Gasteiger partial charge is 0.336 e. The van der Waals surface area contributed by atoms with Gasteiger partial charge in [0.15, 0.2) is 6.61 Å². The van der Waals surface area contributed by atoms with Crippen LogP contribution in [0.15, 0.2) is 63.8 Å². The lowest BCUT2D eigenvalue weighted by molar-refractivity contribution is -0.123. The number of likely N-dealkylation sites (tertiary alicyclic amines) is 1. The van der Waals surface area contributed by atoms with Crippen LogP contribution in [0.1, 0.15) is 30.9 Å². The van der Waals surface area contributed by atoms with Crippen molar-refractivity contribution in [1.29, 1.82) is 0 Å². The Balaban J connectivity index is 1.40. The fourth-order valence-electron chi connectivity index (χ4n) is 4.15. The van der Waals surface area contributed by atoms with Crippen molar-refractivity contribution in [2.45, 2.75) is 25.3 Å². The summed E-state index contributed by atoms with van der Waals surface area (Å²) in [4.78, 5) is 26.4. The summed E-state index contributed by atoms with van der Waals surface area (Å²) in [7, 11) is 1.67. The molecule has 0 radical (unpaired) electrons. The average Bonchev–Trinajstić information content (AvgIpc) is 2.83. The van der Waals surface area contributed by atoms with Crippen molar-refractivity contribution in [2.75, 3.05) is 33.4 Å². The summed E-state index contributed by atoms with van der Waals surface area (Å²) in [5.74, 6) is 1.09. The van der Waals surface area contributed by atoms with Crippen molar-refractivity contribution in [2.24, 2.45) is 0 Å². The summed E-state index contributed by atoms with van der Waals surface area (Å²) in [5.41, 5.74) is 1.08. The van der Waals surface area contributed by atoms with Crippen molar-refractivity contribution >= 4 is 16.9 Å². The molecule has 1 saturated heterocycles. The Morgan fingerprint density at radius 1 is 1.09 bits per heavy atom. The fraction of sp³-hybridized carbons (Fsp3) is 0.360. The van der Waals surface area contributed by atoms with Gasteiger partial charge in [-0.05, 0) is 50.2 Å². The molecule has 2 aromatic carbocycles. The standard InChI is InChI=1S/C25H28N2O5/c1-30-22-8-4-3-7-20(22)21(27-13-5-2-6-14-27)16-26-24(28)17-31-19-11-9-18-10-12-25(29)32-23(18)15-19/h3-4,7-12,15,21H,2,5-6,13-14,16-17H2,1H3,(H,26,28). The van der Waals surface area contributed by atoms with Gasteiger partial charge in [-0.25, -0.2) is 4.79 Å². The van der Waals surface area contributed by atoms with E-state index < -0.39 is 5.63 Å². The van der Waals surface area contributed by atoms with Crippen LogP contribution in [0, 0.1) is 0 Å². The van der Waals surface area contributed by atoms with Crippen molar-refractivity contribution in [1.82, 2.24) is 10.2 Å². The van der Waals surface area contributed by atoms with Gasteiger partial charge in [0.2, 0.25) is 0 Å². The van der Waals surface area contributed by atoms with E-state index in [9.17, 15) is 9.59 Å². The number of carbonyl (C=O) groups is 1.